The zero-order valence-electron chi connectivity index (χ0n) is 15.5. The van der Waals surface area contributed by atoms with Gasteiger partial charge >= 0.3 is 5.97 Å². The van der Waals surface area contributed by atoms with E-state index in [1.807, 2.05) is 6.08 Å². The van der Waals surface area contributed by atoms with Crippen LogP contribution in [0.4, 0.5) is 5.69 Å². The zero-order valence-corrected chi connectivity index (χ0v) is 16.3. The highest BCUT2D eigenvalue weighted by atomic mass is 35.5. The Morgan fingerprint density at radius 1 is 1.28 bits per heavy atom. The average molecular weight is 419 g/mol. The van der Waals surface area contributed by atoms with E-state index in [1.165, 1.54) is 12.3 Å². The van der Waals surface area contributed by atoms with E-state index < -0.39 is 17.5 Å². The van der Waals surface area contributed by atoms with Crippen LogP contribution >= 0.6 is 11.6 Å². The molecule has 2 aromatic rings. The summed E-state index contributed by atoms with van der Waals surface area (Å²) in [4.78, 5) is 36.8. The molecule has 0 saturated carbocycles. The molecule has 0 N–H and O–H groups in total. The highest BCUT2D eigenvalue weighted by Crippen LogP contribution is 2.25. The number of carbonyl (C=O) groups excluding carboxylic acids is 2. The van der Waals surface area contributed by atoms with Crippen LogP contribution in [0.25, 0.3) is 0 Å². The molecule has 1 aromatic carbocycles. The molecule has 0 atom stereocenters. The largest absolute Gasteiger partial charge is 0.467 e. The highest BCUT2D eigenvalue weighted by Gasteiger charge is 2.23. The van der Waals surface area contributed by atoms with Crippen LogP contribution in [0.5, 0.6) is 0 Å². The summed E-state index contributed by atoms with van der Waals surface area (Å²) in [5.74, 6) is -0.593. The quantitative estimate of drug-likeness (QED) is 0.373. The van der Waals surface area contributed by atoms with E-state index >= 15 is 0 Å². The van der Waals surface area contributed by atoms with Gasteiger partial charge in [-0.2, -0.15) is 0 Å². The molecule has 0 spiro atoms. The second-order valence-electron chi connectivity index (χ2n) is 6.50. The summed E-state index contributed by atoms with van der Waals surface area (Å²) in [6.07, 6.45) is 7.24. The number of allylic oxidation sites excluding steroid dienone is 2. The molecule has 8 nitrogen and oxygen atoms in total. The van der Waals surface area contributed by atoms with Crippen molar-refractivity contribution < 1.29 is 23.7 Å². The molecule has 0 aliphatic heterocycles. The molecule has 1 aliphatic carbocycles. The molecular weight excluding hydrogens is 400 g/mol. The number of nitrogens with zero attached hydrogens (tertiary/aromatic N) is 2. The number of rotatable bonds is 7. The highest BCUT2D eigenvalue weighted by molar-refractivity contribution is 6.33. The van der Waals surface area contributed by atoms with Gasteiger partial charge in [-0.15, -0.1) is 0 Å². The predicted molar refractivity (Wildman–Crippen MR) is 104 cm³/mol. The van der Waals surface area contributed by atoms with Crippen molar-refractivity contribution in [3.8, 4) is 0 Å². The van der Waals surface area contributed by atoms with Crippen molar-refractivity contribution in [1.82, 2.24) is 4.90 Å². The van der Waals surface area contributed by atoms with Crippen molar-refractivity contribution in [1.29, 1.82) is 0 Å². The van der Waals surface area contributed by atoms with E-state index in [-0.39, 0.29) is 28.7 Å². The minimum absolute atomic E-state index is 0.0421. The Morgan fingerprint density at radius 2 is 2.10 bits per heavy atom. The van der Waals surface area contributed by atoms with Crippen LogP contribution in [0.3, 0.4) is 0 Å². The number of furan rings is 1. The smallest absolute Gasteiger partial charge is 0.340 e. The number of amides is 1. The summed E-state index contributed by atoms with van der Waals surface area (Å²) in [7, 11) is 0. The van der Waals surface area contributed by atoms with Crippen molar-refractivity contribution in [3.05, 3.63) is 74.8 Å². The van der Waals surface area contributed by atoms with Gasteiger partial charge in [-0.05, 0) is 43.9 Å². The summed E-state index contributed by atoms with van der Waals surface area (Å²) >= 11 is 5.94. The number of halogens is 1. The number of hydrogen-bond donors (Lipinski definition) is 0. The van der Waals surface area contributed by atoms with E-state index in [1.54, 1.807) is 17.0 Å². The summed E-state index contributed by atoms with van der Waals surface area (Å²) in [6.45, 7) is -0.238. The second kappa shape index (κ2) is 9.38. The molecule has 1 aliphatic rings. The van der Waals surface area contributed by atoms with Crippen LogP contribution in [0.15, 0.2) is 52.8 Å². The van der Waals surface area contributed by atoms with Crippen LogP contribution in [-0.2, 0) is 16.1 Å². The van der Waals surface area contributed by atoms with Gasteiger partial charge in [0.05, 0.1) is 28.3 Å². The zero-order chi connectivity index (χ0) is 20.8. The van der Waals surface area contributed by atoms with E-state index in [9.17, 15) is 19.7 Å². The average Bonchev–Trinajstić information content (AvgIpc) is 3.23. The Labute approximate surface area is 171 Å². The van der Waals surface area contributed by atoms with Crippen LogP contribution < -0.4 is 0 Å². The first kappa shape index (κ1) is 20.6. The van der Waals surface area contributed by atoms with E-state index in [0.29, 0.717) is 5.76 Å². The van der Waals surface area contributed by atoms with Crippen molar-refractivity contribution >= 4 is 29.2 Å². The standard InChI is InChI=1S/C20H19ClN2O6/c21-18-11-15(23(26)27)8-9-17(18)20(25)29-13-19(24)22(12-16-7-4-10-28-16)14-5-2-1-3-6-14/h4-5,7-11H,1-3,6,12-13H2. The molecule has 0 unspecified atom stereocenters. The number of benzene rings is 1. The minimum atomic E-state index is -0.825. The van der Waals surface area contributed by atoms with Gasteiger partial charge in [-0.1, -0.05) is 17.7 Å². The number of nitro groups is 1. The minimum Gasteiger partial charge on any atom is -0.467 e. The second-order valence-corrected chi connectivity index (χ2v) is 6.91. The molecule has 0 fully saturated rings. The fourth-order valence-electron chi connectivity index (χ4n) is 3.04. The Balaban J connectivity index is 1.68. The van der Waals surface area contributed by atoms with E-state index in [0.717, 1.165) is 43.5 Å². The first-order valence-corrected chi connectivity index (χ1v) is 9.46. The lowest BCUT2D eigenvalue weighted by molar-refractivity contribution is -0.384. The van der Waals surface area contributed by atoms with Crippen molar-refractivity contribution in [2.75, 3.05) is 6.61 Å². The maximum Gasteiger partial charge on any atom is 0.340 e. The van der Waals surface area contributed by atoms with Gasteiger partial charge in [-0.25, -0.2) is 4.79 Å². The van der Waals surface area contributed by atoms with Crippen LogP contribution in [0.2, 0.25) is 5.02 Å². The number of nitro benzene ring substituents is 1. The van der Waals surface area contributed by atoms with Crippen molar-refractivity contribution in [3.63, 3.8) is 0 Å². The molecule has 0 bridgehead atoms. The Bertz CT molecular complexity index is 938. The summed E-state index contributed by atoms with van der Waals surface area (Å²) in [6, 6.07) is 6.93. The molecule has 0 radical (unpaired) electrons. The molecule has 1 aromatic heterocycles. The Hall–Kier alpha value is -3.13. The fraction of sp³-hybridized carbons (Fsp3) is 0.300. The molecule has 29 heavy (non-hydrogen) atoms. The lowest BCUT2D eigenvalue weighted by Crippen LogP contribution is -2.34. The topological polar surface area (TPSA) is 103 Å². The summed E-state index contributed by atoms with van der Waals surface area (Å²) in [5, 5.41) is 10.7. The maximum absolute atomic E-state index is 12.8. The number of hydrogen-bond acceptors (Lipinski definition) is 6. The van der Waals surface area contributed by atoms with Gasteiger partial charge in [0.15, 0.2) is 6.61 Å². The van der Waals surface area contributed by atoms with Crippen LogP contribution in [0.1, 0.15) is 41.8 Å². The van der Waals surface area contributed by atoms with Gasteiger partial charge in [-0.3, -0.25) is 14.9 Å². The third-order valence-corrected chi connectivity index (χ3v) is 4.83. The molecule has 152 valence electrons. The SMILES string of the molecule is O=C(OCC(=O)N(Cc1ccco1)C1=CCCCC1)c1ccc([N+](=O)[O-])cc1Cl. The molecule has 1 amide bonds. The van der Waals surface area contributed by atoms with Gasteiger partial charge in [0.2, 0.25) is 0 Å². The number of esters is 1. The maximum atomic E-state index is 12.8. The number of carbonyl (C=O) groups is 2. The van der Waals surface area contributed by atoms with Gasteiger partial charge in [0.25, 0.3) is 11.6 Å². The first-order valence-electron chi connectivity index (χ1n) is 9.08. The molecule has 9 heteroatoms. The van der Waals surface area contributed by atoms with Crippen molar-refractivity contribution in [2.45, 2.75) is 32.2 Å². The molecule has 0 saturated heterocycles. The van der Waals surface area contributed by atoms with Gasteiger partial charge in [0, 0.05) is 17.8 Å². The number of non-ortho nitro benzene ring substituents is 1. The third kappa shape index (κ3) is 5.23. The summed E-state index contributed by atoms with van der Waals surface area (Å²) < 4.78 is 10.5. The van der Waals surface area contributed by atoms with Crippen LogP contribution in [0, 0.1) is 10.1 Å². The monoisotopic (exact) mass is 418 g/mol. The third-order valence-electron chi connectivity index (χ3n) is 4.52. The molecular formula is C20H19ClN2O6. The normalized spacial score (nSPS) is 13.5. The Morgan fingerprint density at radius 3 is 2.72 bits per heavy atom. The van der Waals surface area contributed by atoms with Crippen molar-refractivity contribution in [2.24, 2.45) is 0 Å². The van der Waals surface area contributed by atoms with Crippen LogP contribution in [-0.4, -0.2) is 28.3 Å². The van der Waals surface area contributed by atoms with Gasteiger partial charge < -0.3 is 14.1 Å². The van der Waals surface area contributed by atoms with E-state index in [4.69, 9.17) is 20.8 Å². The lowest BCUT2D eigenvalue weighted by atomic mass is 10.0. The lowest BCUT2D eigenvalue weighted by Gasteiger charge is -2.27. The number of ether oxygens (including phenoxy) is 1. The fourth-order valence-corrected chi connectivity index (χ4v) is 3.29. The molecule has 3 rings (SSSR count). The Kier molecular flexibility index (Phi) is 6.66. The van der Waals surface area contributed by atoms with E-state index in [2.05, 4.69) is 0 Å². The summed E-state index contributed by atoms with van der Waals surface area (Å²) in [5.41, 5.74) is 0.595. The molecule has 1 heterocycles. The first-order chi connectivity index (χ1) is 14.0. The predicted octanol–water partition coefficient (Wildman–Crippen LogP) is 4.48. The van der Waals surface area contributed by atoms with Gasteiger partial charge in [0.1, 0.15) is 5.76 Å².